The molecule has 2 aromatic rings. The smallest absolute Gasteiger partial charge is 0.281 e. The molecule has 1 aliphatic rings. The summed E-state index contributed by atoms with van der Waals surface area (Å²) in [7, 11) is 0. The number of carbonyl (C=O) groups is 1. The minimum atomic E-state index is -0.139. The summed E-state index contributed by atoms with van der Waals surface area (Å²) >= 11 is 5.37. The van der Waals surface area contributed by atoms with Crippen molar-refractivity contribution >= 4 is 35.0 Å². The number of nitrogens with one attached hydrogen (secondary N) is 1. The van der Waals surface area contributed by atoms with E-state index in [1.165, 1.54) is 0 Å². The van der Waals surface area contributed by atoms with E-state index in [0.29, 0.717) is 10.8 Å². The number of nitrogens with zero attached hydrogens (tertiary/aromatic N) is 3. The molecule has 1 aliphatic heterocycles. The predicted octanol–water partition coefficient (Wildman–Crippen LogP) is 2.73. The van der Waals surface area contributed by atoms with Crippen LogP contribution in [0.25, 0.3) is 6.08 Å². The first kappa shape index (κ1) is 15.4. The Hall–Kier alpha value is -2.47. The number of para-hydroxylation sites is 1. The van der Waals surface area contributed by atoms with Crippen LogP contribution < -0.4 is 10.2 Å². The Balaban J connectivity index is 1.97. The van der Waals surface area contributed by atoms with Crippen molar-refractivity contribution in [2.75, 3.05) is 4.90 Å². The molecule has 0 bridgehead atoms. The van der Waals surface area contributed by atoms with E-state index in [2.05, 4.69) is 17.3 Å². The molecule has 0 spiro atoms. The second-order valence-electron chi connectivity index (χ2n) is 5.18. The van der Waals surface area contributed by atoms with Crippen LogP contribution in [-0.2, 0) is 17.8 Å². The second kappa shape index (κ2) is 6.34. The Morgan fingerprint density at radius 2 is 2.04 bits per heavy atom. The molecule has 5 nitrogen and oxygen atoms in total. The van der Waals surface area contributed by atoms with Crippen LogP contribution in [0, 0.1) is 0 Å². The first-order valence-corrected chi connectivity index (χ1v) is 8.03. The van der Waals surface area contributed by atoms with E-state index in [1.807, 2.05) is 41.9 Å². The number of amides is 1. The topological polar surface area (TPSA) is 50.2 Å². The van der Waals surface area contributed by atoms with Gasteiger partial charge in [0.15, 0.2) is 5.11 Å². The van der Waals surface area contributed by atoms with Crippen LogP contribution in [0.3, 0.4) is 0 Å². The summed E-state index contributed by atoms with van der Waals surface area (Å²) in [5.41, 5.74) is 3.27. The molecule has 6 heteroatoms. The lowest BCUT2D eigenvalue weighted by atomic mass is 10.1. The van der Waals surface area contributed by atoms with E-state index in [1.54, 1.807) is 17.2 Å². The summed E-state index contributed by atoms with van der Waals surface area (Å²) in [4.78, 5) is 14.4. The Morgan fingerprint density at radius 3 is 2.78 bits per heavy atom. The average molecular weight is 326 g/mol. The van der Waals surface area contributed by atoms with E-state index < -0.39 is 0 Å². The van der Waals surface area contributed by atoms with Crippen molar-refractivity contribution in [3.8, 4) is 0 Å². The van der Waals surface area contributed by atoms with Crippen LogP contribution in [0.15, 0.2) is 42.2 Å². The number of aromatic nitrogens is 2. The van der Waals surface area contributed by atoms with Crippen molar-refractivity contribution in [2.24, 2.45) is 0 Å². The highest BCUT2D eigenvalue weighted by Crippen LogP contribution is 2.26. The fraction of sp³-hybridized carbons (Fsp3) is 0.235. The maximum Gasteiger partial charge on any atom is 0.281 e. The Labute approximate surface area is 140 Å². The van der Waals surface area contributed by atoms with Crippen molar-refractivity contribution in [1.29, 1.82) is 0 Å². The molecule has 1 N–H and O–H groups in total. The Morgan fingerprint density at radius 1 is 1.26 bits per heavy atom. The van der Waals surface area contributed by atoms with Gasteiger partial charge in [-0.2, -0.15) is 5.10 Å². The normalized spacial score (nSPS) is 16.3. The van der Waals surface area contributed by atoms with Gasteiger partial charge < -0.3 is 5.32 Å². The molecule has 118 valence electrons. The van der Waals surface area contributed by atoms with E-state index >= 15 is 0 Å². The van der Waals surface area contributed by atoms with Crippen LogP contribution in [-0.4, -0.2) is 20.8 Å². The van der Waals surface area contributed by atoms with Gasteiger partial charge in [0.1, 0.15) is 5.70 Å². The lowest BCUT2D eigenvalue weighted by molar-refractivity contribution is -0.113. The van der Waals surface area contributed by atoms with Crippen molar-refractivity contribution < 1.29 is 4.79 Å². The van der Waals surface area contributed by atoms with Gasteiger partial charge in [-0.15, -0.1) is 0 Å². The lowest BCUT2D eigenvalue weighted by Crippen LogP contribution is -2.31. The van der Waals surface area contributed by atoms with Gasteiger partial charge in [0, 0.05) is 12.7 Å². The van der Waals surface area contributed by atoms with Gasteiger partial charge in [-0.3, -0.25) is 14.4 Å². The van der Waals surface area contributed by atoms with Crippen molar-refractivity contribution in [3.63, 3.8) is 0 Å². The van der Waals surface area contributed by atoms with Crippen molar-refractivity contribution in [2.45, 2.75) is 26.8 Å². The molecule has 0 aliphatic carbocycles. The summed E-state index contributed by atoms with van der Waals surface area (Å²) in [6.45, 7) is 4.81. The summed E-state index contributed by atoms with van der Waals surface area (Å²) < 4.78 is 1.83. The molecule has 3 rings (SSSR count). The highest BCUT2D eigenvalue weighted by Gasteiger charge is 2.33. The lowest BCUT2D eigenvalue weighted by Gasteiger charge is -2.17. The number of anilines is 1. The van der Waals surface area contributed by atoms with E-state index in [0.717, 1.165) is 29.9 Å². The molecular formula is C17H18N4OS. The first-order chi connectivity index (χ1) is 11.2. The molecule has 0 unspecified atom stereocenters. The highest BCUT2D eigenvalue weighted by atomic mass is 32.1. The van der Waals surface area contributed by atoms with Gasteiger partial charge in [-0.25, -0.2) is 0 Å². The number of benzene rings is 1. The van der Waals surface area contributed by atoms with Crippen LogP contribution in [0.4, 0.5) is 5.69 Å². The molecule has 1 fully saturated rings. The minimum Gasteiger partial charge on any atom is -0.327 e. The third-order valence-corrected chi connectivity index (χ3v) is 4.12. The number of rotatable bonds is 4. The monoisotopic (exact) mass is 326 g/mol. The molecule has 2 heterocycles. The highest BCUT2D eigenvalue weighted by molar-refractivity contribution is 7.80. The summed E-state index contributed by atoms with van der Waals surface area (Å²) in [5.74, 6) is -0.139. The summed E-state index contributed by atoms with van der Waals surface area (Å²) in [6, 6.07) is 9.69. The fourth-order valence-electron chi connectivity index (χ4n) is 2.66. The Kier molecular flexibility index (Phi) is 4.25. The number of aryl methyl sites for hydroxylation is 2. The fourth-order valence-corrected chi connectivity index (χ4v) is 2.95. The van der Waals surface area contributed by atoms with Crippen molar-refractivity contribution in [1.82, 2.24) is 15.1 Å². The predicted molar refractivity (Wildman–Crippen MR) is 94.9 cm³/mol. The van der Waals surface area contributed by atoms with Crippen LogP contribution in [0.2, 0.25) is 0 Å². The van der Waals surface area contributed by atoms with Gasteiger partial charge in [0.05, 0.1) is 11.4 Å². The van der Waals surface area contributed by atoms with Crippen LogP contribution in [0.1, 0.15) is 25.1 Å². The zero-order valence-electron chi connectivity index (χ0n) is 13.1. The third kappa shape index (κ3) is 2.77. The number of hydrogen-bond donors (Lipinski definition) is 1. The summed E-state index contributed by atoms with van der Waals surface area (Å²) in [5, 5.41) is 7.64. The van der Waals surface area contributed by atoms with Gasteiger partial charge >= 0.3 is 0 Å². The number of carbonyl (C=O) groups excluding carboxylic acids is 1. The van der Waals surface area contributed by atoms with Gasteiger partial charge in [-0.1, -0.05) is 25.1 Å². The molecule has 0 saturated carbocycles. The van der Waals surface area contributed by atoms with Gasteiger partial charge in [-0.05, 0) is 49.3 Å². The number of thiocarbonyl (C=S) groups is 1. The molecular weight excluding hydrogens is 308 g/mol. The third-order valence-electron chi connectivity index (χ3n) is 3.83. The van der Waals surface area contributed by atoms with E-state index in [9.17, 15) is 4.79 Å². The largest absolute Gasteiger partial charge is 0.327 e. The maximum absolute atomic E-state index is 12.8. The van der Waals surface area contributed by atoms with Crippen LogP contribution >= 0.6 is 12.2 Å². The molecule has 0 atom stereocenters. The molecule has 1 aromatic heterocycles. The molecule has 1 saturated heterocycles. The van der Waals surface area contributed by atoms with Crippen LogP contribution in [0.5, 0.6) is 0 Å². The zero-order valence-corrected chi connectivity index (χ0v) is 13.9. The first-order valence-electron chi connectivity index (χ1n) is 7.62. The standard InChI is InChI=1S/C17H18N4OS/c1-3-12-7-5-6-8-15(12)21-16(22)14(19-17(21)23)11-13-9-10-18-20(13)4-2/h5-11H,3-4H2,1-2H3,(H,19,23)/b14-11+. The molecule has 1 aromatic carbocycles. The number of hydrogen-bond acceptors (Lipinski definition) is 3. The van der Waals surface area contributed by atoms with Crippen molar-refractivity contribution in [3.05, 3.63) is 53.5 Å². The Bertz CT molecular complexity index is 793. The van der Waals surface area contributed by atoms with Gasteiger partial charge in [0.25, 0.3) is 5.91 Å². The van der Waals surface area contributed by atoms with E-state index in [-0.39, 0.29) is 5.91 Å². The quantitative estimate of drug-likeness (QED) is 0.693. The minimum absolute atomic E-state index is 0.139. The van der Waals surface area contributed by atoms with E-state index in [4.69, 9.17) is 12.2 Å². The summed E-state index contributed by atoms with van der Waals surface area (Å²) in [6.07, 6.45) is 4.35. The maximum atomic E-state index is 12.8. The SMILES string of the molecule is CCc1ccccc1N1C(=O)/C(=C\c2ccnn2CC)NC1=S. The second-order valence-corrected chi connectivity index (χ2v) is 5.57. The average Bonchev–Trinajstić information content (AvgIpc) is 3.12. The zero-order chi connectivity index (χ0) is 16.4. The molecule has 0 radical (unpaired) electrons. The molecule has 1 amide bonds. The van der Waals surface area contributed by atoms with Gasteiger partial charge in [0.2, 0.25) is 0 Å². The molecule has 23 heavy (non-hydrogen) atoms.